The second kappa shape index (κ2) is 6.74. The first-order valence-electron chi connectivity index (χ1n) is 6.81. The number of carbonyl (C=O) groups is 2. The monoisotopic (exact) mass is 286 g/mol. The number of hydrogen-bond donors (Lipinski definition) is 1. The lowest BCUT2D eigenvalue weighted by Crippen LogP contribution is -2.48. The Morgan fingerprint density at radius 3 is 2.50 bits per heavy atom. The zero-order chi connectivity index (χ0) is 15.3. The van der Waals surface area contributed by atoms with Crippen LogP contribution in [0.1, 0.15) is 34.1 Å². The van der Waals surface area contributed by atoms with E-state index in [1.54, 1.807) is 19.9 Å². The highest BCUT2D eigenvalue weighted by Crippen LogP contribution is 2.34. The van der Waals surface area contributed by atoms with Gasteiger partial charge in [-0.2, -0.15) is 0 Å². The van der Waals surface area contributed by atoms with Crippen molar-refractivity contribution in [2.45, 2.75) is 39.9 Å². The van der Waals surface area contributed by atoms with Crippen LogP contribution in [0.4, 0.5) is 0 Å². The Morgan fingerprint density at radius 1 is 1.40 bits per heavy atom. The fraction of sp³-hybridized carbons (Fsp3) is 0.714. The summed E-state index contributed by atoms with van der Waals surface area (Å²) in [4.78, 5) is 23.6. The molecule has 0 aliphatic carbocycles. The summed E-state index contributed by atoms with van der Waals surface area (Å²) in [5.74, 6) is -3.92. The minimum Gasteiger partial charge on any atom is -0.461 e. The van der Waals surface area contributed by atoms with Crippen molar-refractivity contribution in [3.63, 3.8) is 0 Å². The van der Waals surface area contributed by atoms with Gasteiger partial charge in [-0.25, -0.2) is 9.59 Å². The molecular weight excluding hydrogens is 264 g/mol. The van der Waals surface area contributed by atoms with Gasteiger partial charge in [0.15, 0.2) is 0 Å². The fourth-order valence-electron chi connectivity index (χ4n) is 1.94. The van der Waals surface area contributed by atoms with E-state index in [0.717, 1.165) is 0 Å². The molecule has 20 heavy (non-hydrogen) atoms. The summed E-state index contributed by atoms with van der Waals surface area (Å²) in [6, 6.07) is 0. The summed E-state index contributed by atoms with van der Waals surface area (Å²) in [6.45, 7) is 7.46. The van der Waals surface area contributed by atoms with E-state index < -0.39 is 17.7 Å². The van der Waals surface area contributed by atoms with E-state index in [-0.39, 0.29) is 37.2 Å². The molecule has 1 aliphatic rings. The van der Waals surface area contributed by atoms with Gasteiger partial charge in [0.1, 0.15) is 0 Å². The SMILES string of the molecule is CCOC(=O)C1=CC(C(C)C)CC(O)(C(=O)OCC)O1. The first-order chi connectivity index (χ1) is 9.34. The summed E-state index contributed by atoms with van der Waals surface area (Å²) >= 11 is 0. The molecule has 0 saturated carbocycles. The molecule has 0 aromatic carbocycles. The van der Waals surface area contributed by atoms with Crippen LogP contribution in [0, 0.1) is 11.8 Å². The highest BCUT2D eigenvalue weighted by molar-refractivity contribution is 5.88. The van der Waals surface area contributed by atoms with Gasteiger partial charge >= 0.3 is 17.7 Å². The van der Waals surface area contributed by atoms with Gasteiger partial charge in [-0.1, -0.05) is 13.8 Å². The highest BCUT2D eigenvalue weighted by atomic mass is 16.7. The molecule has 6 nitrogen and oxygen atoms in total. The summed E-state index contributed by atoms with van der Waals surface area (Å²) in [6.07, 6.45) is 1.64. The maximum Gasteiger partial charge on any atom is 0.379 e. The molecule has 0 bridgehead atoms. The van der Waals surface area contributed by atoms with Gasteiger partial charge in [-0.05, 0) is 31.8 Å². The summed E-state index contributed by atoms with van der Waals surface area (Å²) in [5.41, 5.74) is 0. The van der Waals surface area contributed by atoms with Crippen molar-refractivity contribution >= 4 is 11.9 Å². The molecule has 0 aromatic heterocycles. The number of hydrogen-bond acceptors (Lipinski definition) is 6. The van der Waals surface area contributed by atoms with E-state index in [1.807, 2.05) is 13.8 Å². The molecule has 1 heterocycles. The van der Waals surface area contributed by atoms with Crippen LogP contribution in [0.15, 0.2) is 11.8 Å². The first-order valence-corrected chi connectivity index (χ1v) is 6.81. The van der Waals surface area contributed by atoms with Gasteiger partial charge in [0.2, 0.25) is 5.76 Å². The van der Waals surface area contributed by atoms with Crippen LogP contribution in [0.5, 0.6) is 0 Å². The molecule has 1 aliphatic heterocycles. The predicted molar refractivity (Wildman–Crippen MR) is 70.3 cm³/mol. The molecule has 2 atom stereocenters. The largest absolute Gasteiger partial charge is 0.461 e. The number of aliphatic hydroxyl groups is 1. The number of carbonyl (C=O) groups excluding carboxylic acids is 2. The van der Waals surface area contributed by atoms with Gasteiger partial charge < -0.3 is 19.3 Å². The van der Waals surface area contributed by atoms with Crippen molar-refractivity contribution in [1.29, 1.82) is 0 Å². The molecule has 2 unspecified atom stereocenters. The lowest BCUT2D eigenvalue weighted by atomic mass is 9.86. The van der Waals surface area contributed by atoms with Crippen molar-refractivity contribution in [1.82, 2.24) is 0 Å². The zero-order valence-corrected chi connectivity index (χ0v) is 12.3. The maximum absolute atomic E-state index is 11.8. The van der Waals surface area contributed by atoms with Gasteiger partial charge in [-0.15, -0.1) is 0 Å². The normalized spacial score (nSPS) is 25.7. The van der Waals surface area contributed by atoms with E-state index >= 15 is 0 Å². The molecular formula is C14H22O6. The van der Waals surface area contributed by atoms with Gasteiger partial charge in [0, 0.05) is 6.42 Å². The average molecular weight is 286 g/mol. The highest BCUT2D eigenvalue weighted by Gasteiger charge is 2.47. The minimum absolute atomic E-state index is 0.0480. The zero-order valence-electron chi connectivity index (χ0n) is 12.3. The van der Waals surface area contributed by atoms with Gasteiger partial charge in [-0.3, -0.25) is 0 Å². The smallest absolute Gasteiger partial charge is 0.379 e. The Bertz CT molecular complexity index is 400. The van der Waals surface area contributed by atoms with E-state index in [9.17, 15) is 14.7 Å². The lowest BCUT2D eigenvalue weighted by molar-refractivity contribution is -0.227. The fourth-order valence-corrected chi connectivity index (χ4v) is 1.94. The maximum atomic E-state index is 11.8. The molecule has 0 saturated heterocycles. The Labute approximate surface area is 118 Å². The van der Waals surface area contributed by atoms with E-state index in [2.05, 4.69) is 0 Å². The Hall–Kier alpha value is -1.56. The minimum atomic E-state index is -2.14. The van der Waals surface area contributed by atoms with Crippen molar-refractivity contribution in [3.8, 4) is 0 Å². The molecule has 0 radical (unpaired) electrons. The van der Waals surface area contributed by atoms with Gasteiger partial charge in [0.25, 0.3) is 0 Å². The number of rotatable bonds is 5. The Kier molecular flexibility index (Phi) is 5.56. The van der Waals surface area contributed by atoms with Crippen molar-refractivity contribution in [2.75, 3.05) is 13.2 Å². The first kappa shape index (κ1) is 16.5. The second-order valence-corrected chi connectivity index (χ2v) is 4.97. The van der Waals surface area contributed by atoms with Crippen LogP contribution in [-0.2, 0) is 23.8 Å². The summed E-state index contributed by atoms with van der Waals surface area (Å²) < 4.78 is 14.8. The van der Waals surface area contributed by atoms with Crippen molar-refractivity contribution < 1.29 is 28.9 Å². The lowest BCUT2D eigenvalue weighted by Gasteiger charge is -2.35. The third-order valence-electron chi connectivity index (χ3n) is 3.08. The molecule has 6 heteroatoms. The topological polar surface area (TPSA) is 82.1 Å². The molecule has 114 valence electrons. The predicted octanol–water partition coefficient (Wildman–Crippen LogP) is 1.38. The number of ether oxygens (including phenoxy) is 3. The molecule has 0 amide bonds. The second-order valence-electron chi connectivity index (χ2n) is 4.97. The molecule has 0 aromatic rings. The molecule has 0 fully saturated rings. The molecule has 0 spiro atoms. The molecule has 1 N–H and O–H groups in total. The van der Waals surface area contributed by atoms with Crippen LogP contribution >= 0.6 is 0 Å². The van der Waals surface area contributed by atoms with Crippen LogP contribution in [0.25, 0.3) is 0 Å². The number of allylic oxidation sites excluding steroid dienone is 1. The Balaban J connectivity index is 3.01. The van der Waals surface area contributed by atoms with Crippen molar-refractivity contribution in [3.05, 3.63) is 11.8 Å². The van der Waals surface area contributed by atoms with E-state index in [0.29, 0.717) is 0 Å². The summed E-state index contributed by atoms with van der Waals surface area (Å²) in [7, 11) is 0. The van der Waals surface area contributed by atoms with Crippen molar-refractivity contribution in [2.24, 2.45) is 11.8 Å². The Morgan fingerprint density at radius 2 is 2.00 bits per heavy atom. The quantitative estimate of drug-likeness (QED) is 0.769. The third kappa shape index (κ3) is 3.72. The van der Waals surface area contributed by atoms with E-state index in [1.165, 1.54) is 0 Å². The van der Waals surface area contributed by atoms with Crippen LogP contribution in [-0.4, -0.2) is 36.0 Å². The van der Waals surface area contributed by atoms with Gasteiger partial charge in [0.05, 0.1) is 13.2 Å². The molecule has 1 rings (SSSR count). The van der Waals surface area contributed by atoms with Crippen LogP contribution < -0.4 is 0 Å². The van der Waals surface area contributed by atoms with Crippen LogP contribution in [0.3, 0.4) is 0 Å². The summed E-state index contributed by atoms with van der Waals surface area (Å²) in [5, 5.41) is 10.3. The van der Waals surface area contributed by atoms with Crippen LogP contribution in [0.2, 0.25) is 0 Å². The third-order valence-corrected chi connectivity index (χ3v) is 3.08. The van der Waals surface area contributed by atoms with E-state index in [4.69, 9.17) is 14.2 Å². The average Bonchev–Trinajstić information content (AvgIpc) is 2.38. The standard InChI is InChI=1S/C14H22O6/c1-5-18-12(15)11-7-10(9(3)4)8-14(17,20-11)13(16)19-6-2/h7,9-10,17H,5-6,8H2,1-4H3. The number of esters is 2.